The molecule has 1 aliphatic rings. The van der Waals surface area contributed by atoms with Crippen molar-refractivity contribution in [3.63, 3.8) is 0 Å². The van der Waals surface area contributed by atoms with Gasteiger partial charge in [-0.2, -0.15) is 4.31 Å². The highest BCUT2D eigenvalue weighted by Gasteiger charge is 2.25. The third-order valence-corrected chi connectivity index (χ3v) is 6.97. The summed E-state index contributed by atoms with van der Waals surface area (Å²) in [5.74, 6) is 0. The molecule has 0 N–H and O–H groups in total. The van der Waals surface area contributed by atoms with E-state index < -0.39 is 16.1 Å². The van der Waals surface area contributed by atoms with Crippen LogP contribution in [-0.2, 0) is 10.0 Å². The summed E-state index contributed by atoms with van der Waals surface area (Å²) in [5.41, 5.74) is 0.459. The van der Waals surface area contributed by atoms with Crippen molar-refractivity contribution >= 4 is 21.8 Å². The predicted molar refractivity (Wildman–Crippen MR) is 105 cm³/mol. The van der Waals surface area contributed by atoms with Crippen LogP contribution < -0.4 is 10.0 Å². The Labute approximate surface area is 163 Å². The van der Waals surface area contributed by atoms with Crippen LogP contribution in [0.3, 0.4) is 0 Å². The minimum atomic E-state index is -3.50. The number of carboxylic acid groups (broad SMARTS) is 1. The van der Waals surface area contributed by atoms with Crippen molar-refractivity contribution in [2.24, 2.45) is 0 Å². The quantitative estimate of drug-likeness (QED) is 0.569. The molecule has 0 aliphatic carbocycles. The van der Waals surface area contributed by atoms with Gasteiger partial charge in [0.25, 0.3) is 0 Å². The highest BCUT2D eigenvalue weighted by atomic mass is 32.2. The normalized spacial score (nSPS) is 15.6. The zero-order valence-electron chi connectivity index (χ0n) is 16.2. The van der Waals surface area contributed by atoms with Crippen LogP contribution in [0.5, 0.6) is 0 Å². The Balaban J connectivity index is 1.99. The molecule has 1 aromatic carbocycles. The molecular formula is C20H31N2O4S-. The van der Waals surface area contributed by atoms with E-state index in [1.165, 1.54) is 40.6 Å². The third-order valence-electron chi connectivity index (χ3n) is 5.06. The van der Waals surface area contributed by atoms with Gasteiger partial charge in [-0.25, -0.2) is 8.42 Å². The smallest absolute Gasteiger partial charge is 0.243 e. The Hall–Kier alpha value is -1.60. The molecule has 7 heteroatoms. The van der Waals surface area contributed by atoms with E-state index in [0.29, 0.717) is 25.3 Å². The summed E-state index contributed by atoms with van der Waals surface area (Å²) in [6.45, 7) is 3.63. The van der Waals surface area contributed by atoms with Gasteiger partial charge in [0.1, 0.15) is 6.09 Å². The maximum absolute atomic E-state index is 12.7. The highest BCUT2D eigenvalue weighted by Crippen LogP contribution is 2.23. The van der Waals surface area contributed by atoms with E-state index in [2.05, 4.69) is 6.92 Å². The molecule has 0 unspecified atom stereocenters. The molecule has 1 aliphatic heterocycles. The van der Waals surface area contributed by atoms with E-state index in [9.17, 15) is 18.3 Å². The molecule has 1 fully saturated rings. The van der Waals surface area contributed by atoms with Gasteiger partial charge in [-0.15, -0.1) is 0 Å². The van der Waals surface area contributed by atoms with Crippen molar-refractivity contribution < 1.29 is 18.3 Å². The molecule has 1 saturated heterocycles. The first kappa shape index (κ1) is 21.7. The number of hydrogen-bond donors (Lipinski definition) is 0. The third kappa shape index (κ3) is 6.21. The molecule has 1 heterocycles. The first-order valence-electron chi connectivity index (χ1n) is 10.1. The number of carbonyl (C=O) groups is 1. The summed E-state index contributed by atoms with van der Waals surface area (Å²) in [7, 11) is -3.50. The van der Waals surface area contributed by atoms with E-state index in [1.807, 2.05) is 0 Å². The predicted octanol–water partition coefficient (Wildman–Crippen LogP) is 3.37. The van der Waals surface area contributed by atoms with Crippen molar-refractivity contribution in [1.82, 2.24) is 4.31 Å². The topological polar surface area (TPSA) is 80.8 Å². The van der Waals surface area contributed by atoms with Crippen LogP contribution in [0.15, 0.2) is 29.2 Å². The average Bonchev–Trinajstić information content (AvgIpc) is 2.68. The zero-order valence-corrected chi connectivity index (χ0v) is 17.0. The second kappa shape index (κ2) is 10.7. The monoisotopic (exact) mass is 395 g/mol. The van der Waals surface area contributed by atoms with E-state index in [0.717, 1.165) is 38.5 Å². The summed E-state index contributed by atoms with van der Waals surface area (Å²) < 4.78 is 26.9. The van der Waals surface area contributed by atoms with Gasteiger partial charge in [0.2, 0.25) is 10.0 Å². The summed E-state index contributed by atoms with van der Waals surface area (Å²) in [6.07, 6.45) is 7.97. The van der Waals surface area contributed by atoms with Gasteiger partial charge < -0.3 is 14.8 Å². The van der Waals surface area contributed by atoms with Gasteiger partial charge in [0, 0.05) is 25.3 Å². The van der Waals surface area contributed by atoms with Crippen LogP contribution in [-0.4, -0.2) is 38.5 Å². The summed E-state index contributed by atoms with van der Waals surface area (Å²) in [6, 6.07) is 6.11. The summed E-state index contributed by atoms with van der Waals surface area (Å²) in [5, 5.41) is 11.5. The number of nitrogens with zero attached hydrogens (tertiary/aromatic N) is 2. The molecule has 0 atom stereocenters. The maximum atomic E-state index is 12.7. The number of rotatable bonds is 10. The lowest BCUT2D eigenvalue weighted by Gasteiger charge is -2.27. The number of amides is 1. The van der Waals surface area contributed by atoms with Gasteiger partial charge in [-0.3, -0.25) is 0 Å². The number of anilines is 1. The molecule has 0 bridgehead atoms. The molecular weight excluding hydrogens is 364 g/mol. The van der Waals surface area contributed by atoms with Gasteiger partial charge in [0.05, 0.1) is 4.90 Å². The minimum absolute atomic E-state index is 0.214. The highest BCUT2D eigenvalue weighted by molar-refractivity contribution is 7.89. The van der Waals surface area contributed by atoms with Crippen LogP contribution in [0.4, 0.5) is 10.5 Å². The fourth-order valence-corrected chi connectivity index (χ4v) is 4.95. The van der Waals surface area contributed by atoms with E-state index in [1.54, 1.807) is 12.1 Å². The first-order valence-corrected chi connectivity index (χ1v) is 11.5. The lowest BCUT2D eigenvalue weighted by Crippen LogP contribution is -2.42. The molecule has 0 saturated carbocycles. The second-order valence-corrected chi connectivity index (χ2v) is 9.08. The van der Waals surface area contributed by atoms with E-state index >= 15 is 0 Å². The number of piperidine rings is 1. The summed E-state index contributed by atoms with van der Waals surface area (Å²) in [4.78, 5) is 12.9. The van der Waals surface area contributed by atoms with Crippen molar-refractivity contribution in [3.05, 3.63) is 24.3 Å². The van der Waals surface area contributed by atoms with Crippen molar-refractivity contribution in [2.45, 2.75) is 69.6 Å². The van der Waals surface area contributed by atoms with Crippen LogP contribution in [0, 0.1) is 0 Å². The number of carbonyl (C=O) groups excluding carboxylic acids is 1. The van der Waals surface area contributed by atoms with Gasteiger partial charge in [-0.1, -0.05) is 45.4 Å². The van der Waals surface area contributed by atoms with Crippen molar-refractivity contribution in [1.29, 1.82) is 0 Å². The van der Waals surface area contributed by atoms with Crippen LogP contribution in [0.2, 0.25) is 0 Å². The molecule has 2 rings (SSSR count). The molecule has 0 spiro atoms. The molecule has 0 aromatic heterocycles. The maximum Gasteiger partial charge on any atom is 0.243 e. The Morgan fingerprint density at radius 1 is 1.00 bits per heavy atom. The molecule has 0 radical (unpaired) electrons. The number of hydrogen-bond acceptors (Lipinski definition) is 4. The zero-order chi connectivity index (χ0) is 19.7. The van der Waals surface area contributed by atoms with Gasteiger partial charge in [0.15, 0.2) is 0 Å². The second-order valence-electron chi connectivity index (χ2n) is 7.14. The van der Waals surface area contributed by atoms with Gasteiger partial charge >= 0.3 is 0 Å². The van der Waals surface area contributed by atoms with Crippen LogP contribution in [0.25, 0.3) is 0 Å². The van der Waals surface area contributed by atoms with Crippen molar-refractivity contribution in [3.8, 4) is 0 Å². The Morgan fingerprint density at radius 2 is 1.59 bits per heavy atom. The van der Waals surface area contributed by atoms with E-state index in [4.69, 9.17) is 0 Å². The Kier molecular flexibility index (Phi) is 8.57. The Bertz CT molecular complexity index is 682. The van der Waals surface area contributed by atoms with Gasteiger partial charge in [-0.05, 0) is 43.5 Å². The van der Waals surface area contributed by atoms with Crippen LogP contribution >= 0.6 is 0 Å². The molecule has 1 aromatic rings. The van der Waals surface area contributed by atoms with Crippen molar-refractivity contribution in [2.75, 3.05) is 24.5 Å². The Morgan fingerprint density at radius 3 is 2.19 bits per heavy atom. The molecule has 1 amide bonds. The number of unbranched alkanes of at least 4 members (excludes halogenated alkanes) is 5. The summed E-state index contributed by atoms with van der Waals surface area (Å²) >= 11 is 0. The fraction of sp³-hybridized carbons (Fsp3) is 0.650. The molecule has 152 valence electrons. The lowest BCUT2D eigenvalue weighted by atomic mass is 10.1. The SMILES string of the molecule is CCCCCCCCN(C(=O)[O-])c1ccc(S(=O)(=O)N2CCCCC2)cc1. The van der Waals surface area contributed by atoms with E-state index in [-0.39, 0.29) is 4.90 Å². The minimum Gasteiger partial charge on any atom is -0.530 e. The van der Waals surface area contributed by atoms with Crippen LogP contribution in [0.1, 0.15) is 64.7 Å². The number of sulfonamides is 1. The molecule has 27 heavy (non-hydrogen) atoms. The average molecular weight is 396 g/mol. The fourth-order valence-electron chi connectivity index (χ4n) is 3.43. The lowest BCUT2D eigenvalue weighted by molar-refractivity contribution is -0.246. The largest absolute Gasteiger partial charge is 0.530 e. The molecule has 6 nitrogen and oxygen atoms in total. The standard InChI is InChI=1S/C20H32N2O4S/c1-2-3-4-5-6-10-17-22(20(23)24)18-11-13-19(14-12-18)27(25,26)21-15-8-7-9-16-21/h11-14H,2-10,15-17H2,1H3,(H,23,24)/p-1. The first-order chi connectivity index (χ1) is 13.0. The number of benzene rings is 1.